The smallest absolute Gasteiger partial charge is 0.137 e. The first kappa shape index (κ1) is 12.5. The predicted molar refractivity (Wildman–Crippen MR) is 76.1 cm³/mol. The molecule has 0 heterocycles. The van der Waals surface area contributed by atoms with Gasteiger partial charge in [-0.05, 0) is 24.3 Å². The second-order valence-electron chi connectivity index (χ2n) is 4.12. The van der Waals surface area contributed by atoms with Gasteiger partial charge in [0.1, 0.15) is 11.4 Å². The molecular weight excluding hydrogens is 193 g/mol. The van der Waals surface area contributed by atoms with Crippen molar-refractivity contribution in [2.45, 2.75) is 0 Å². The van der Waals surface area contributed by atoms with Gasteiger partial charge in [-0.25, -0.2) is 0 Å². The Kier molecular flexibility index (Phi) is 3.91. The standard InChI is InChI=1S/C14H16N.BH3/c1-15(2,13-9-5-3-6-10-13)14-11-7-4-8-12-14;/h3-12H,1-2H3;1H3/q+1;. The molecule has 0 saturated heterocycles. The first-order valence-electron chi connectivity index (χ1n) is 5.16. The molecule has 0 bridgehead atoms. The summed E-state index contributed by atoms with van der Waals surface area (Å²) >= 11 is 0. The lowest BCUT2D eigenvalue weighted by molar-refractivity contribution is 0.555. The van der Waals surface area contributed by atoms with Gasteiger partial charge in [-0.1, -0.05) is 36.4 Å². The van der Waals surface area contributed by atoms with Crippen molar-refractivity contribution in [1.29, 1.82) is 0 Å². The van der Waals surface area contributed by atoms with Gasteiger partial charge in [-0.3, -0.25) is 4.48 Å². The number of benzene rings is 2. The van der Waals surface area contributed by atoms with Crippen LogP contribution in [0.4, 0.5) is 11.4 Å². The van der Waals surface area contributed by atoms with E-state index in [-0.39, 0.29) is 8.41 Å². The molecule has 16 heavy (non-hydrogen) atoms. The fourth-order valence-electron chi connectivity index (χ4n) is 1.75. The Hall–Kier alpha value is -1.54. The maximum Gasteiger partial charge on any atom is 0.137 e. The van der Waals surface area contributed by atoms with Gasteiger partial charge in [0, 0.05) is 0 Å². The van der Waals surface area contributed by atoms with E-state index in [1.165, 1.54) is 11.4 Å². The zero-order valence-corrected chi connectivity index (χ0v) is 9.22. The van der Waals surface area contributed by atoms with Gasteiger partial charge in [0.05, 0.1) is 22.5 Å². The lowest BCUT2D eigenvalue weighted by atomic mass is 10.2. The third kappa shape index (κ3) is 2.34. The number of hydrogen-bond acceptors (Lipinski definition) is 0. The average molecular weight is 212 g/mol. The molecule has 0 saturated carbocycles. The van der Waals surface area contributed by atoms with Crippen LogP contribution in [0.25, 0.3) is 0 Å². The summed E-state index contributed by atoms with van der Waals surface area (Å²) in [5, 5.41) is 0. The number of nitrogens with zero attached hydrogens (tertiary/aromatic N) is 1. The molecule has 2 aromatic carbocycles. The van der Waals surface area contributed by atoms with E-state index in [0.29, 0.717) is 0 Å². The van der Waals surface area contributed by atoms with Crippen LogP contribution in [0.3, 0.4) is 0 Å². The van der Waals surface area contributed by atoms with E-state index in [2.05, 4.69) is 74.8 Å². The summed E-state index contributed by atoms with van der Waals surface area (Å²) in [7, 11) is 4.40. The van der Waals surface area contributed by atoms with Crippen LogP contribution in [-0.2, 0) is 0 Å². The molecule has 0 N–H and O–H groups in total. The number of hydrogen-bond donors (Lipinski definition) is 0. The van der Waals surface area contributed by atoms with Crippen molar-refractivity contribution in [1.82, 2.24) is 4.48 Å². The van der Waals surface area contributed by atoms with Gasteiger partial charge in [0.15, 0.2) is 0 Å². The van der Waals surface area contributed by atoms with E-state index >= 15 is 0 Å². The first-order chi connectivity index (χ1) is 7.21. The van der Waals surface area contributed by atoms with Crippen molar-refractivity contribution in [3.05, 3.63) is 60.7 Å². The molecular formula is C14H19BN+. The van der Waals surface area contributed by atoms with Crippen molar-refractivity contribution in [2.75, 3.05) is 14.1 Å². The van der Waals surface area contributed by atoms with Crippen LogP contribution in [0.2, 0.25) is 0 Å². The summed E-state index contributed by atoms with van der Waals surface area (Å²) in [4.78, 5) is 0. The van der Waals surface area contributed by atoms with Crippen molar-refractivity contribution in [3.8, 4) is 0 Å². The molecule has 0 aliphatic heterocycles. The molecule has 0 amide bonds. The molecule has 0 atom stereocenters. The first-order valence-corrected chi connectivity index (χ1v) is 5.16. The third-order valence-corrected chi connectivity index (χ3v) is 2.80. The van der Waals surface area contributed by atoms with Crippen molar-refractivity contribution in [3.63, 3.8) is 0 Å². The van der Waals surface area contributed by atoms with E-state index in [4.69, 9.17) is 0 Å². The third-order valence-electron chi connectivity index (χ3n) is 2.80. The monoisotopic (exact) mass is 212 g/mol. The Balaban J connectivity index is 0.00000128. The fraction of sp³-hybridized carbons (Fsp3) is 0.143. The lowest BCUT2D eigenvalue weighted by Gasteiger charge is -2.28. The Morgan fingerprint density at radius 2 is 0.938 bits per heavy atom. The quantitative estimate of drug-likeness (QED) is 0.529. The van der Waals surface area contributed by atoms with Gasteiger partial charge < -0.3 is 0 Å². The molecule has 1 nitrogen and oxygen atoms in total. The largest absolute Gasteiger partial charge is 0.264 e. The molecule has 0 aromatic heterocycles. The van der Waals surface area contributed by atoms with Crippen LogP contribution in [0.1, 0.15) is 0 Å². The second kappa shape index (κ2) is 5.00. The lowest BCUT2D eigenvalue weighted by Crippen LogP contribution is -2.33. The van der Waals surface area contributed by atoms with Gasteiger partial charge >= 0.3 is 0 Å². The van der Waals surface area contributed by atoms with E-state index in [9.17, 15) is 0 Å². The van der Waals surface area contributed by atoms with Gasteiger partial charge in [0.25, 0.3) is 0 Å². The molecule has 0 fully saturated rings. The number of para-hydroxylation sites is 2. The van der Waals surface area contributed by atoms with Crippen molar-refractivity contribution < 1.29 is 0 Å². The van der Waals surface area contributed by atoms with Gasteiger partial charge in [-0.15, -0.1) is 0 Å². The molecule has 0 radical (unpaired) electrons. The molecule has 2 heteroatoms. The summed E-state index contributed by atoms with van der Waals surface area (Å²) in [5.41, 5.74) is 2.59. The molecule has 82 valence electrons. The highest BCUT2D eigenvalue weighted by atomic mass is 15.3. The van der Waals surface area contributed by atoms with E-state index in [1.807, 2.05) is 0 Å². The Morgan fingerprint density at radius 3 is 1.25 bits per heavy atom. The zero-order valence-electron chi connectivity index (χ0n) is 9.22. The minimum absolute atomic E-state index is 0. The maximum absolute atomic E-state index is 2.20. The molecule has 2 rings (SSSR count). The van der Waals surface area contributed by atoms with E-state index < -0.39 is 0 Å². The fourth-order valence-corrected chi connectivity index (χ4v) is 1.75. The van der Waals surface area contributed by atoms with Crippen molar-refractivity contribution in [2.24, 2.45) is 0 Å². The van der Waals surface area contributed by atoms with Crippen LogP contribution in [0.5, 0.6) is 0 Å². The highest BCUT2D eigenvalue weighted by Crippen LogP contribution is 2.29. The Morgan fingerprint density at radius 1 is 0.625 bits per heavy atom. The SMILES string of the molecule is B.C[N+](C)(c1ccccc1)c1ccccc1. The Labute approximate surface area is 99.5 Å². The molecule has 0 aliphatic rings. The summed E-state index contributed by atoms with van der Waals surface area (Å²) in [6.07, 6.45) is 0. The number of rotatable bonds is 2. The van der Waals surface area contributed by atoms with Gasteiger partial charge in [-0.2, -0.15) is 0 Å². The topological polar surface area (TPSA) is 0 Å². The van der Waals surface area contributed by atoms with Crippen molar-refractivity contribution >= 4 is 19.8 Å². The number of quaternary nitrogens is 1. The van der Waals surface area contributed by atoms with Crippen LogP contribution in [0.15, 0.2) is 60.7 Å². The minimum Gasteiger partial charge on any atom is -0.264 e. The second-order valence-corrected chi connectivity index (χ2v) is 4.12. The summed E-state index contributed by atoms with van der Waals surface area (Å²) < 4.78 is 0.779. The molecule has 0 spiro atoms. The van der Waals surface area contributed by atoms with E-state index in [0.717, 1.165) is 4.48 Å². The summed E-state index contributed by atoms with van der Waals surface area (Å²) in [5.74, 6) is 0. The highest BCUT2D eigenvalue weighted by Gasteiger charge is 2.20. The summed E-state index contributed by atoms with van der Waals surface area (Å²) in [6, 6.07) is 21.1. The Bertz CT molecular complexity index is 382. The van der Waals surface area contributed by atoms with Gasteiger partial charge in [0.2, 0.25) is 0 Å². The predicted octanol–water partition coefficient (Wildman–Crippen LogP) is 2.40. The average Bonchev–Trinajstić information content (AvgIpc) is 2.31. The highest BCUT2D eigenvalue weighted by molar-refractivity contribution is 5.75. The normalized spacial score (nSPS) is 10.6. The molecule has 0 aliphatic carbocycles. The van der Waals surface area contributed by atoms with Crippen LogP contribution >= 0.6 is 0 Å². The zero-order chi connectivity index (χ0) is 10.7. The summed E-state index contributed by atoms with van der Waals surface area (Å²) in [6.45, 7) is 0. The van der Waals surface area contributed by atoms with Crippen LogP contribution < -0.4 is 4.48 Å². The molecule has 0 unspecified atom stereocenters. The van der Waals surface area contributed by atoms with Crippen LogP contribution in [-0.4, -0.2) is 22.5 Å². The van der Waals surface area contributed by atoms with Crippen LogP contribution in [0, 0.1) is 0 Å². The molecule has 2 aromatic rings. The minimum atomic E-state index is 0. The van der Waals surface area contributed by atoms with E-state index in [1.54, 1.807) is 0 Å². The maximum atomic E-state index is 2.20.